The molecule has 0 bridgehead atoms. The third-order valence-electron chi connectivity index (χ3n) is 2.31. The Balaban J connectivity index is 2.35. The van der Waals surface area contributed by atoms with E-state index in [0.717, 1.165) is 11.1 Å². The number of halogens is 1. The average Bonchev–Trinajstić information content (AvgIpc) is 2.20. The van der Waals surface area contributed by atoms with Gasteiger partial charge in [0.05, 0.1) is 6.61 Å². The van der Waals surface area contributed by atoms with Gasteiger partial charge in [0.2, 0.25) is 0 Å². The summed E-state index contributed by atoms with van der Waals surface area (Å²) in [7, 11) is 0. The molecule has 1 rings (SSSR count). The van der Waals surface area contributed by atoms with Gasteiger partial charge in [-0.3, -0.25) is 0 Å². The highest BCUT2D eigenvalue weighted by Crippen LogP contribution is 2.17. The Hall–Kier alpha value is -0.340. The molecule has 0 saturated carbocycles. The lowest BCUT2D eigenvalue weighted by Gasteiger charge is -2.10. The van der Waals surface area contributed by atoms with Gasteiger partial charge in [0, 0.05) is 11.1 Å². The molecule has 1 atom stereocenters. The highest BCUT2D eigenvalue weighted by molar-refractivity contribution is 9.10. The Bertz CT molecular complexity index is 273. The minimum absolute atomic E-state index is 0.650. The van der Waals surface area contributed by atoms with Crippen LogP contribution in [0, 0.1) is 5.92 Å². The lowest BCUT2D eigenvalue weighted by atomic mass is 10.1. The summed E-state index contributed by atoms with van der Waals surface area (Å²) in [6.45, 7) is 5.94. The van der Waals surface area contributed by atoms with Crippen LogP contribution in [-0.2, 0) is 11.3 Å². The Morgan fingerprint density at radius 3 is 2.71 bits per heavy atom. The van der Waals surface area contributed by atoms with E-state index in [9.17, 15) is 0 Å². The van der Waals surface area contributed by atoms with Gasteiger partial charge in [-0.25, -0.2) is 0 Å². The summed E-state index contributed by atoms with van der Waals surface area (Å²) in [4.78, 5) is 0. The van der Waals surface area contributed by atoms with E-state index in [4.69, 9.17) is 4.74 Å². The van der Waals surface area contributed by atoms with E-state index < -0.39 is 0 Å². The monoisotopic (exact) mass is 256 g/mol. The molecule has 14 heavy (non-hydrogen) atoms. The molecule has 1 aromatic rings. The second-order valence-corrected chi connectivity index (χ2v) is 4.47. The van der Waals surface area contributed by atoms with Crippen LogP contribution in [0.1, 0.15) is 25.8 Å². The molecule has 1 unspecified atom stereocenters. The molecular weight excluding hydrogens is 240 g/mol. The Morgan fingerprint density at radius 2 is 2.07 bits per heavy atom. The zero-order valence-electron chi connectivity index (χ0n) is 8.79. The van der Waals surface area contributed by atoms with Crippen LogP contribution in [0.4, 0.5) is 0 Å². The van der Waals surface area contributed by atoms with Crippen LogP contribution in [0.5, 0.6) is 0 Å². The first kappa shape index (κ1) is 11.7. The number of rotatable bonds is 5. The summed E-state index contributed by atoms with van der Waals surface area (Å²) in [6.07, 6.45) is 1.18. The minimum Gasteiger partial charge on any atom is -0.376 e. The van der Waals surface area contributed by atoms with Gasteiger partial charge in [-0.1, -0.05) is 54.4 Å². The number of hydrogen-bond donors (Lipinski definition) is 0. The lowest BCUT2D eigenvalue weighted by molar-refractivity contribution is 0.0907. The van der Waals surface area contributed by atoms with Gasteiger partial charge in [-0.2, -0.15) is 0 Å². The minimum atomic E-state index is 0.650. The first-order chi connectivity index (χ1) is 6.74. The normalized spacial score (nSPS) is 12.8. The Morgan fingerprint density at radius 1 is 1.36 bits per heavy atom. The zero-order chi connectivity index (χ0) is 10.4. The molecule has 1 nitrogen and oxygen atoms in total. The summed E-state index contributed by atoms with van der Waals surface area (Å²) < 4.78 is 6.75. The van der Waals surface area contributed by atoms with Crippen molar-refractivity contribution in [3.8, 4) is 0 Å². The third-order valence-corrected chi connectivity index (χ3v) is 3.09. The molecule has 0 heterocycles. The maximum Gasteiger partial charge on any atom is 0.0727 e. The van der Waals surface area contributed by atoms with Gasteiger partial charge in [-0.15, -0.1) is 0 Å². The molecule has 0 aliphatic carbocycles. The molecule has 0 spiro atoms. The van der Waals surface area contributed by atoms with Crippen molar-refractivity contribution in [2.75, 3.05) is 6.61 Å². The quantitative estimate of drug-likeness (QED) is 0.774. The number of benzene rings is 1. The van der Waals surface area contributed by atoms with Crippen LogP contribution in [0.2, 0.25) is 0 Å². The predicted molar refractivity (Wildman–Crippen MR) is 63.3 cm³/mol. The summed E-state index contributed by atoms with van der Waals surface area (Å²) >= 11 is 3.50. The van der Waals surface area contributed by atoms with Gasteiger partial charge in [0.1, 0.15) is 0 Å². The summed E-state index contributed by atoms with van der Waals surface area (Å²) in [5, 5.41) is 0. The fraction of sp³-hybridized carbons (Fsp3) is 0.500. The summed E-state index contributed by atoms with van der Waals surface area (Å²) in [6, 6.07) is 8.18. The standard InChI is InChI=1S/C12H17BrO/c1-3-10(2)8-14-9-11-6-4-5-7-12(11)13/h4-7,10H,3,8-9H2,1-2H3. The van der Waals surface area contributed by atoms with E-state index in [1.807, 2.05) is 18.2 Å². The second kappa shape index (κ2) is 6.20. The first-order valence-corrected chi connectivity index (χ1v) is 5.84. The molecule has 1 aromatic carbocycles. The van der Waals surface area contributed by atoms with E-state index in [1.165, 1.54) is 12.0 Å². The highest BCUT2D eigenvalue weighted by atomic mass is 79.9. The highest BCUT2D eigenvalue weighted by Gasteiger charge is 2.01. The van der Waals surface area contributed by atoms with Crippen LogP contribution >= 0.6 is 15.9 Å². The fourth-order valence-electron chi connectivity index (χ4n) is 1.10. The molecule has 0 aliphatic rings. The molecule has 0 radical (unpaired) electrons. The van der Waals surface area contributed by atoms with Crippen molar-refractivity contribution in [3.05, 3.63) is 34.3 Å². The molecule has 0 amide bonds. The van der Waals surface area contributed by atoms with Crippen LogP contribution in [0.3, 0.4) is 0 Å². The molecular formula is C12H17BrO. The number of ether oxygens (including phenoxy) is 1. The van der Waals surface area contributed by atoms with E-state index >= 15 is 0 Å². The van der Waals surface area contributed by atoms with Gasteiger partial charge in [0.25, 0.3) is 0 Å². The smallest absolute Gasteiger partial charge is 0.0727 e. The van der Waals surface area contributed by atoms with Gasteiger partial charge < -0.3 is 4.74 Å². The van der Waals surface area contributed by atoms with Crippen molar-refractivity contribution < 1.29 is 4.74 Å². The molecule has 0 N–H and O–H groups in total. The van der Waals surface area contributed by atoms with Crippen molar-refractivity contribution in [1.29, 1.82) is 0 Å². The predicted octanol–water partition coefficient (Wildman–Crippen LogP) is 4.01. The van der Waals surface area contributed by atoms with Crippen molar-refractivity contribution in [2.45, 2.75) is 26.9 Å². The van der Waals surface area contributed by atoms with Crippen LogP contribution < -0.4 is 0 Å². The molecule has 0 saturated heterocycles. The van der Waals surface area contributed by atoms with Gasteiger partial charge in [0.15, 0.2) is 0 Å². The first-order valence-electron chi connectivity index (χ1n) is 5.05. The second-order valence-electron chi connectivity index (χ2n) is 3.62. The lowest BCUT2D eigenvalue weighted by Crippen LogP contribution is -2.04. The molecule has 2 heteroatoms. The van der Waals surface area contributed by atoms with Gasteiger partial charge in [-0.05, 0) is 17.5 Å². The SMILES string of the molecule is CCC(C)COCc1ccccc1Br. The van der Waals surface area contributed by atoms with E-state index in [2.05, 4.69) is 35.8 Å². The van der Waals surface area contributed by atoms with E-state index in [1.54, 1.807) is 0 Å². The van der Waals surface area contributed by atoms with Crippen LogP contribution in [0.15, 0.2) is 28.7 Å². The molecule has 0 aromatic heterocycles. The Labute approximate surface area is 94.6 Å². The van der Waals surface area contributed by atoms with Crippen LogP contribution in [-0.4, -0.2) is 6.61 Å². The molecule has 78 valence electrons. The fourth-order valence-corrected chi connectivity index (χ4v) is 1.50. The van der Waals surface area contributed by atoms with Crippen molar-refractivity contribution in [3.63, 3.8) is 0 Å². The van der Waals surface area contributed by atoms with Crippen LogP contribution in [0.25, 0.3) is 0 Å². The van der Waals surface area contributed by atoms with Crippen molar-refractivity contribution in [2.24, 2.45) is 5.92 Å². The summed E-state index contributed by atoms with van der Waals surface area (Å²) in [5.41, 5.74) is 1.22. The molecule has 0 aliphatic heterocycles. The number of hydrogen-bond acceptors (Lipinski definition) is 1. The largest absolute Gasteiger partial charge is 0.376 e. The average molecular weight is 257 g/mol. The van der Waals surface area contributed by atoms with E-state index in [-0.39, 0.29) is 0 Å². The summed E-state index contributed by atoms with van der Waals surface area (Å²) in [5.74, 6) is 0.650. The maximum atomic E-state index is 5.62. The zero-order valence-corrected chi connectivity index (χ0v) is 10.4. The van der Waals surface area contributed by atoms with E-state index in [0.29, 0.717) is 12.5 Å². The maximum absolute atomic E-state index is 5.62. The Kier molecular flexibility index (Phi) is 5.20. The third kappa shape index (κ3) is 3.81. The van der Waals surface area contributed by atoms with Crippen molar-refractivity contribution in [1.82, 2.24) is 0 Å². The molecule has 0 fully saturated rings. The van der Waals surface area contributed by atoms with Crippen molar-refractivity contribution >= 4 is 15.9 Å². The topological polar surface area (TPSA) is 9.23 Å². The van der Waals surface area contributed by atoms with Gasteiger partial charge >= 0.3 is 0 Å².